The zero-order chi connectivity index (χ0) is 23.4. The third-order valence-electron chi connectivity index (χ3n) is 6.59. The number of amides is 2. The van der Waals surface area contributed by atoms with Crippen molar-refractivity contribution in [1.82, 2.24) is 14.5 Å². The lowest BCUT2D eigenvalue weighted by Gasteiger charge is -2.38. The van der Waals surface area contributed by atoms with Crippen molar-refractivity contribution in [1.29, 1.82) is 0 Å². The third-order valence-corrected chi connectivity index (χ3v) is 9.38. The van der Waals surface area contributed by atoms with Crippen LogP contribution in [-0.2, 0) is 14.8 Å². The van der Waals surface area contributed by atoms with E-state index in [2.05, 4.69) is 5.32 Å². The second kappa shape index (κ2) is 10.4. The Bertz CT molecular complexity index is 1050. The minimum Gasteiger partial charge on any atom is -0.341 e. The normalized spacial score (nSPS) is 19.2. The SMILES string of the molecule is Cc1ccc(S(=O)(=O)N2CCC([C@H](NC(=O)c3cccs3)C(=O)N3CCCCC3)CC2)cc1. The molecule has 1 aromatic heterocycles. The Morgan fingerprint density at radius 3 is 2.27 bits per heavy atom. The maximum Gasteiger partial charge on any atom is 0.262 e. The molecule has 0 bridgehead atoms. The van der Waals surface area contributed by atoms with Crippen molar-refractivity contribution in [2.24, 2.45) is 5.92 Å². The molecule has 2 saturated heterocycles. The van der Waals surface area contributed by atoms with E-state index in [9.17, 15) is 18.0 Å². The van der Waals surface area contributed by atoms with Crippen LogP contribution in [0.4, 0.5) is 0 Å². The smallest absolute Gasteiger partial charge is 0.262 e. The summed E-state index contributed by atoms with van der Waals surface area (Å²) in [6.45, 7) is 4.01. The number of carbonyl (C=O) groups excluding carboxylic acids is 2. The van der Waals surface area contributed by atoms with Gasteiger partial charge in [0.1, 0.15) is 6.04 Å². The summed E-state index contributed by atoms with van der Waals surface area (Å²) in [5, 5.41) is 4.83. The maximum atomic E-state index is 13.4. The van der Waals surface area contributed by atoms with Crippen molar-refractivity contribution in [3.8, 4) is 0 Å². The Hall–Kier alpha value is -2.23. The molecule has 9 heteroatoms. The number of nitrogens with one attached hydrogen (secondary N) is 1. The minimum atomic E-state index is -3.57. The van der Waals surface area contributed by atoms with Gasteiger partial charge >= 0.3 is 0 Å². The summed E-state index contributed by atoms with van der Waals surface area (Å²) in [5.74, 6) is -0.387. The molecule has 0 aliphatic carbocycles. The highest BCUT2D eigenvalue weighted by Gasteiger charge is 2.38. The number of rotatable bonds is 6. The molecule has 1 N–H and O–H groups in total. The van der Waals surface area contributed by atoms with Gasteiger partial charge in [-0.15, -0.1) is 11.3 Å². The fraction of sp³-hybridized carbons (Fsp3) is 0.500. The molecular weight excluding hydrogens is 458 g/mol. The van der Waals surface area contributed by atoms with Gasteiger partial charge in [0.05, 0.1) is 9.77 Å². The average Bonchev–Trinajstić information content (AvgIpc) is 3.38. The molecule has 2 aliphatic heterocycles. The van der Waals surface area contributed by atoms with Crippen LogP contribution >= 0.6 is 11.3 Å². The fourth-order valence-electron chi connectivity index (χ4n) is 4.62. The second-order valence-corrected chi connectivity index (χ2v) is 11.8. The summed E-state index contributed by atoms with van der Waals surface area (Å²) < 4.78 is 27.6. The lowest BCUT2D eigenvalue weighted by molar-refractivity contribution is -0.135. The predicted octanol–water partition coefficient (Wildman–Crippen LogP) is 3.27. The summed E-state index contributed by atoms with van der Waals surface area (Å²) in [6.07, 6.45) is 4.13. The first-order chi connectivity index (χ1) is 15.9. The molecule has 0 radical (unpaired) electrons. The average molecular weight is 490 g/mol. The lowest BCUT2D eigenvalue weighted by Crippen LogP contribution is -2.55. The topological polar surface area (TPSA) is 86.8 Å². The fourth-order valence-corrected chi connectivity index (χ4v) is 6.72. The Morgan fingerprint density at radius 2 is 1.67 bits per heavy atom. The van der Waals surface area contributed by atoms with Gasteiger partial charge in [-0.2, -0.15) is 4.31 Å². The van der Waals surface area contributed by atoms with Gasteiger partial charge in [-0.25, -0.2) is 8.42 Å². The first kappa shape index (κ1) is 23.9. The van der Waals surface area contributed by atoms with Crippen molar-refractivity contribution in [2.45, 2.75) is 50.0 Å². The van der Waals surface area contributed by atoms with Crippen molar-refractivity contribution in [3.63, 3.8) is 0 Å². The molecule has 2 aliphatic rings. The molecule has 2 amide bonds. The standard InChI is InChI=1S/C24H31N3O4S2/c1-18-7-9-20(10-8-18)33(30,31)27-15-11-19(12-16-27)22(24(29)26-13-3-2-4-14-26)25-23(28)21-6-5-17-32-21/h5-10,17,19,22H,2-4,11-16H2,1H3,(H,25,28)/t22-/m0/s1. The molecule has 33 heavy (non-hydrogen) atoms. The maximum absolute atomic E-state index is 13.4. The van der Waals surface area contributed by atoms with Gasteiger partial charge in [0.15, 0.2) is 0 Å². The quantitative estimate of drug-likeness (QED) is 0.675. The van der Waals surface area contributed by atoms with E-state index in [1.54, 1.807) is 30.3 Å². The van der Waals surface area contributed by atoms with Gasteiger partial charge in [0, 0.05) is 26.2 Å². The molecular formula is C24H31N3O4S2. The van der Waals surface area contributed by atoms with E-state index >= 15 is 0 Å². The highest BCUT2D eigenvalue weighted by Crippen LogP contribution is 2.28. The number of aryl methyl sites for hydroxylation is 1. The zero-order valence-electron chi connectivity index (χ0n) is 18.9. The molecule has 0 saturated carbocycles. The van der Waals surface area contributed by atoms with Gasteiger partial charge in [0.25, 0.3) is 5.91 Å². The molecule has 178 valence electrons. The van der Waals surface area contributed by atoms with Crippen LogP contribution in [-0.4, -0.2) is 61.7 Å². The van der Waals surface area contributed by atoms with E-state index in [0.717, 1.165) is 24.8 Å². The molecule has 7 nitrogen and oxygen atoms in total. The molecule has 3 heterocycles. The molecule has 1 atom stereocenters. The van der Waals surface area contributed by atoms with E-state index < -0.39 is 16.1 Å². The van der Waals surface area contributed by atoms with E-state index in [1.165, 1.54) is 15.6 Å². The number of likely N-dealkylation sites (tertiary alicyclic amines) is 1. The van der Waals surface area contributed by atoms with Crippen LogP contribution in [0.1, 0.15) is 47.3 Å². The number of thiophene rings is 1. The first-order valence-electron chi connectivity index (χ1n) is 11.6. The van der Waals surface area contributed by atoms with Crippen LogP contribution in [0.15, 0.2) is 46.7 Å². The Balaban J connectivity index is 1.47. The van der Waals surface area contributed by atoms with Crippen LogP contribution in [0, 0.1) is 12.8 Å². The summed E-state index contributed by atoms with van der Waals surface area (Å²) in [7, 11) is -3.57. The van der Waals surface area contributed by atoms with Crippen LogP contribution in [0.5, 0.6) is 0 Å². The van der Waals surface area contributed by atoms with Crippen LogP contribution in [0.25, 0.3) is 0 Å². The number of hydrogen-bond donors (Lipinski definition) is 1. The van der Waals surface area contributed by atoms with Crippen molar-refractivity contribution in [3.05, 3.63) is 52.2 Å². The number of piperidine rings is 2. The monoisotopic (exact) mass is 489 g/mol. The van der Waals surface area contributed by atoms with Gasteiger partial charge < -0.3 is 10.2 Å². The van der Waals surface area contributed by atoms with Gasteiger partial charge in [-0.05, 0) is 68.5 Å². The van der Waals surface area contributed by atoms with Crippen LogP contribution in [0.3, 0.4) is 0 Å². The summed E-state index contributed by atoms with van der Waals surface area (Å²) in [4.78, 5) is 28.9. The molecule has 0 spiro atoms. The minimum absolute atomic E-state index is 0.0422. The van der Waals surface area contributed by atoms with E-state index in [-0.39, 0.29) is 17.7 Å². The van der Waals surface area contributed by atoms with Crippen LogP contribution in [0.2, 0.25) is 0 Å². The number of carbonyl (C=O) groups is 2. The van der Waals surface area contributed by atoms with Gasteiger partial charge in [-0.1, -0.05) is 23.8 Å². The highest BCUT2D eigenvalue weighted by molar-refractivity contribution is 7.89. The van der Waals surface area contributed by atoms with Gasteiger partial charge in [0.2, 0.25) is 15.9 Å². The lowest BCUT2D eigenvalue weighted by atomic mass is 9.88. The number of nitrogens with zero attached hydrogens (tertiary/aromatic N) is 2. The van der Waals surface area contributed by atoms with Crippen molar-refractivity contribution in [2.75, 3.05) is 26.2 Å². The number of benzene rings is 1. The summed E-state index contributed by atoms with van der Waals surface area (Å²) in [5.41, 5.74) is 1.01. The Morgan fingerprint density at radius 1 is 1.00 bits per heavy atom. The Labute approximate surface area is 199 Å². The van der Waals surface area contributed by atoms with Crippen molar-refractivity contribution >= 4 is 33.2 Å². The molecule has 4 rings (SSSR count). The molecule has 2 aromatic rings. The van der Waals surface area contributed by atoms with E-state index in [0.29, 0.717) is 48.8 Å². The number of sulfonamides is 1. The van der Waals surface area contributed by atoms with E-state index in [4.69, 9.17) is 0 Å². The number of hydrogen-bond acceptors (Lipinski definition) is 5. The van der Waals surface area contributed by atoms with E-state index in [1.807, 2.05) is 23.3 Å². The highest BCUT2D eigenvalue weighted by atomic mass is 32.2. The molecule has 2 fully saturated rings. The summed E-state index contributed by atoms with van der Waals surface area (Å²) in [6, 6.07) is 9.80. The molecule has 0 unspecified atom stereocenters. The first-order valence-corrected chi connectivity index (χ1v) is 13.9. The van der Waals surface area contributed by atoms with Crippen LogP contribution < -0.4 is 5.32 Å². The van der Waals surface area contributed by atoms with Crippen molar-refractivity contribution < 1.29 is 18.0 Å². The zero-order valence-corrected chi connectivity index (χ0v) is 20.5. The van der Waals surface area contributed by atoms with Gasteiger partial charge in [-0.3, -0.25) is 9.59 Å². The largest absolute Gasteiger partial charge is 0.341 e. The summed E-state index contributed by atoms with van der Waals surface area (Å²) >= 11 is 1.34. The molecule has 1 aromatic carbocycles. The Kier molecular flexibility index (Phi) is 7.51. The second-order valence-electron chi connectivity index (χ2n) is 8.87. The predicted molar refractivity (Wildman–Crippen MR) is 129 cm³/mol. The third kappa shape index (κ3) is 5.47.